The molecule has 0 radical (unpaired) electrons. The Bertz CT molecular complexity index is 399. The minimum absolute atomic E-state index is 0.0338. The van der Waals surface area contributed by atoms with Crippen molar-refractivity contribution in [3.05, 3.63) is 11.9 Å². The molecule has 0 aromatic carbocycles. The van der Waals surface area contributed by atoms with E-state index in [9.17, 15) is 0 Å². The van der Waals surface area contributed by atoms with Crippen LogP contribution in [0.15, 0.2) is 6.20 Å². The molecule has 0 aliphatic carbocycles. The van der Waals surface area contributed by atoms with E-state index >= 15 is 0 Å². The molecule has 1 aromatic heterocycles. The fourth-order valence-corrected chi connectivity index (χ4v) is 2.62. The minimum atomic E-state index is 0.0338. The van der Waals surface area contributed by atoms with Crippen LogP contribution in [-0.2, 0) is 4.74 Å². The maximum absolute atomic E-state index is 5.75. The molecule has 0 saturated carbocycles. The molecule has 1 saturated heterocycles. The Hall–Kier alpha value is -1.11. The van der Waals surface area contributed by atoms with Gasteiger partial charge in [-0.2, -0.15) is 5.10 Å². The fraction of sp³-hybridized carbons (Fsp3) is 0.769. The van der Waals surface area contributed by atoms with Gasteiger partial charge in [0.15, 0.2) is 5.75 Å². The summed E-state index contributed by atoms with van der Waals surface area (Å²) in [5.74, 6) is 7.08. The number of hydrogen-bond acceptors (Lipinski definition) is 5. The van der Waals surface area contributed by atoms with E-state index in [0.29, 0.717) is 5.92 Å². The predicted octanol–water partition coefficient (Wildman–Crippen LogP) is 1.40. The highest BCUT2D eigenvalue weighted by molar-refractivity contribution is 5.28. The number of hydrazine groups is 1. The minimum Gasteiger partial charge on any atom is -0.493 e. The van der Waals surface area contributed by atoms with Crippen LogP contribution >= 0.6 is 0 Å². The molecule has 19 heavy (non-hydrogen) atoms. The summed E-state index contributed by atoms with van der Waals surface area (Å²) < 4.78 is 12.8. The van der Waals surface area contributed by atoms with Crippen LogP contribution in [0.3, 0.4) is 0 Å². The zero-order valence-corrected chi connectivity index (χ0v) is 11.9. The van der Waals surface area contributed by atoms with Crippen molar-refractivity contribution < 1.29 is 9.47 Å². The van der Waals surface area contributed by atoms with Gasteiger partial charge in [0.2, 0.25) is 0 Å². The predicted molar refractivity (Wildman–Crippen MR) is 72.8 cm³/mol. The number of methoxy groups -OCH3 is 1. The van der Waals surface area contributed by atoms with Crippen molar-refractivity contribution in [2.24, 2.45) is 11.8 Å². The van der Waals surface area contributed by atoms with Crippen molar-refractivity contribution in [3.63, 3.8) is 0 Å². The van der Waals surface area contributed by atoms with Gasteiger partial charge in [-0.1, -0.05) is 0 Å². The quantitative estimate of drug-likeness (QED) is 0.602. The zero-order chi connectivity index (χ0) is 13.8. The van der Waals surface area contributed by atoms with Crippen molar-refractivity contribution in [3.8, 4) is 5.75 Å². The molecule has 3 N–H and O–H groups in total. The third-order valence-electron chi connectivity index (χ3n) is 3.63. The van der Waals surface area contributed by atoms with E-state index in [-0.39, 0.29) is 12.1 Å². The SMILES string of the molecule is COc1cnn(C(C)C)c1C(CC1CCOC1)NN. The Morgan fingerprint density at radius 2 is 2.42 bits per heavy atom. The van der Waals surface area contributed by atoms with Crippen LogP contribution in [0.5, 0.6) is 5.75 Å². The second-order valence-corrected chi connectivity index (χ2v) is 5.32. The summed E-state index contributed by atoms with van der Waals surface area (Å²) in [5, 5.41) is 4.39. The zero-order valence-electron chi connectivity index (χ0n) is 11.9. The first-order valence-corrected chi connectivity index (χ1v) is 6.82. The normalized spacial score (nSPS) is 21.0. The van der Waals surface area contributed by atoms with E-state index in [4.69, 9.17) is 15.3 Å². The van der Waals surface area contributed by atoms with Crippen LogP contribution < -0.4 is 16.0 Å². The average molecular weight is 268 g/mol. The van der Waals surface area contributed by atoms with Crippen molar-refractivity contribution in [1.82, 2.24) is 15.2 Å². The summed E-state index contributed by atoms with van der Waals surface area (Å²) in [7, 11) is 1.66. The van der Waals surface area contributed by atoms with Gasteiger partial charge in [0.25, 0.3) is 0 Å². The first-order chi connectivity index (χ1) is 9.17. The first-order valence-electron chi connectivity index (χ1n) is 6.82. The fourth-order valence-electron chi connectivity index (χ4n) is 2.62. The molecule has 6 nitrogen and oxygen atoms in total. The van der Waals surface area contributed by atoms with E-state index < -0.39 is 0 Å². The van der Waals surface area contributed by atoms with Crippen molar-refractivity contribution in [2.45, 2.75) is 38.8 Å². The third kappa shape index (κ3) is 3.08. The summed E-state index contributed by atoms with van der Waals surface area (Å²) in [6.07, 6.45) is 3.78. The molecule has 0 amide bonds. The Kier molecular flexibility index (Phi) is 4.79. The van der Waals surface area contributed by atoms with Gasteiger partial charge in [-0.25, -0.2) is 0 Å². The van der Waals surface area contributed by atoms with Gasteiger partial charge in [-0.05, 0) is 32.6 Å². The smallest absolute Gasteiger partial charge is 0.161 e. The van der Waals surface area contributed by atoms with E-state index in [2.05, 4.69) is 24.4 Å². The largest absolute Gasteiger partial charge is 0.493 e. The van der Waals surface area contributed by atoms with Crippen LogP contribution in [0.4, 0.5) is 0 Å². The average Bonchev–Trinajstić information content (AvgIpc) is 3.04. The van der Waals surface area contributed by atoms with Crippen LogP contribution in [-0.4, -0.2) is 30.1 Å². The second kappa shape index (κ2) is 6.36. The molecule has 1 fully saturated rings. The highest BCUT2D eigenvalue weighted by Gasteiger charge is 2.27. The van der Waals surface area contributed by atoms with Gasteiger partial charge < -0.3 is 9.47 Å². The van der Waals surface area contributed by atoms with E-state index in [1.807, 2.05) is 4.68 Å². The van der Waals surface area contributed by atoms with Crippen LogP contribution in [0.25, 0.3) is 0 Å². The van der Waals surface area contributed by atoms with E-state index in [1.165, 1.54) is 0 Å². The highest BCUT2D eigenvalue weighted by atomic mass is 16.5. The number of nitrogens with zero attached hydrogens (tertiary/aromatic N) is 2. The third-order valence-corrected chi connectivity index (χ3v) is 3.63. The van der Waals surface area contributed by atoms with Gasteiger partial charge in [0, 0.05) is 19.3 Å². The standard InChI is InChI=1S/C13H24N4O2/c1-9(2)17-13(12(18-3)7-15-17)11(16-14)6-10-4-5-19-8-10/h7,9-11,16H,4-6,8,14H2,1-3H3. The van der Waals surface area contributed by atoms with Gasteiger partial charge in [0.1, 0.15) is 0 Å². The number of nitrogens with one attached hydrogen (secondary N) is 1. The lowest BCUT2D eigenvalue weighted by Crippen LogP contribution is -2.32. The van der Waals surface area contributed by atoms with Crippen LogP contribution in [0.1, 0.15) is 44.5 Å². The van der Waals surface area contributed by atoms with Crippen LogP contribution in [0, 0.1) is 5.92 Å². The number of aromatic nitrogens is 2. The van der Waals surface area contributed by atoms with Gasteiger partial charge in [-0.3, -0.25) is 16.0 Å². The highest BCUT2D eigenvalue weighted by Crippen LogP contribution is 2.32. The van der Waals surface area contributed by atoms with Crippen LogP contribution in [0.2, 0.25) is 0 Å². The van der Waals surface area contributed by atoms with Crippen molar-refractivity contribution in [2.75, 3.05) is 20.3 Å². The molecule has 6 heteroatoms. The lowest BCUT2D eigenvalue weighted by molar-refractivity contribution is 0.180. The molecule has 2 unspecified atom stereocenters. The summed E-state index contributed by atoms with van der Waals surface area (Å²) in [4.78, 5) is 0. The Morgan fingerprint density at radius 3 is 2.95 bits per heavy atom. The maximum Gasteiger partial charge on any atom is 0.161 e. The molecule has 108 valence electrons. The second-order valence-electron chi connectivity index (χ2n) is 5.32. The monoisotopic (exact) mass is 268 g/mol. The van der Waals surface area contributed by atoms with Gasteiger partial charge in [0.05, 0.1) is 25.0 Å². The Balaban J connectivity index is 2.22. The number of ether oxygens (including phenoxy) is 2. The maximum atomic E-state index is 5.75. The molecule has 1 aromatic rings. The summed E-state index contributed by atoms with van der Waals surface area (Å²) >= 11 is 0. The lowest BCUT2D eigenvalue weighted by Gasteiger charge is -2.22. The van der Waals surface area contributed by atoms with Crippen molar-refractivity contribution in [1.29, 1.82) is 0 Å². The van der Waals surface area contributed by atoms with E-state index in [0.717, 1.165) is 37.5 Å². The lowest BCUT2D eigenvalue weighted by atomic mass is 9.97. The molecule has 2 heterocycles. The summed E-state index contributed by atoms with van der Waals surface area (Å²) in [6, 6.07) is 0.307. The molecule has 0 bridgehead atoms. The van der Waals surface area contributed by atoms with Crippen molar-refractivity contribution >= 4 is 0 Å². The topological polar surface area (TPSA) is 74.3 Å². The summed E-state index contributed by atoms with van der Waals surface area (Å²) in [5.41, 5.74) is 3.93. The number of hydrogen-bond donors (Lipinski definition) is 2. The molecule has 1 aliphatic heterocycles. The summed E-state index contributed by atoms with van der Waals surface area (Å²) in [6.45, 7) is 5.86. The number of nitrogens with two attached hydrogens (primary N) is 1. The Morgan fingerprint density at radius 1 is 1.63 bits per heavy atom. The molecule has 2 atom stereocenters. The van der Waals surface area contributed by atoms with E-state index in [1.54, 1.807) is 13.3 Å². The van der Waals surface area contributed by atoms with Gasteiger partial charge in [-0.15, -0.1) is 0 Å². The molecule has 1 aliphatic rings. The van der Waals surface area contributed by atoms with Gasteiger partial charge >= 0.3 is 0 Å². The first kappa shape index (κ1) is 14.3. The molecule has 0 spiro atoms. The molecular weight excluding hydrogens is 244 g/mol. The number of rotatable bonds is 6. The Labute approximate surface area is 114 Å². The molecule has 2 rings (SSSR count). The molecular formula is C13H24N4O2.